The molecular weight excluding hydrogens is 381 g/mol. The number of aliphatic imine (C=N–C) groups is 1. The topological polar surface area (TPSA) is 63.5 Å². The Labute approximate surface area is 173 Å². The van der Waals surface area contributed by atoms with Gasteiger partial charge in [-0.2, -0.15) is 0 Å². The zero-order valence-corrected chi connectivity index (χ0v) is 16.5. The smallest absolute Gasteiger partial charge is 0.262 e. The minimum atomic E-state index is -0.639. The molecule has 30 heavy (non-hydrogen) atoms. The van der Waals surface area contributed by atoms with Crippen LogP contribution in [0.4, 0.5) is 4.39 Å². The second-order valence-electron chi connectivity index (χ2n) is 7.95. The largest absolute Gasteiger partial charge is 0.352 e. The van der Waals surface area contributed by atoms with Crippen molar-refractivity contribution in [3.63, 3.8) is 0 Å². The molecule has 0 radical (unpaired) electrons. The van der Waals surface area contributed by atoms with Crippen molar-refractivity contribution < 1.29 is 14.0 Å². The molecule has 2 heterocycles. The quantitative estimate of drug-likeness (QED) is 0.722. The molecule has 1 aliphatic carbocycles. The lowest BCUT2D eigenvalue weighted by Crippen LogP contribution is -2.43. The average molecular weight is 403 g/mol. The highest BCUT2D eigenvalue weighted by Crippen LogP contribution is 2.34. The monoisotopic (exact) mass is 403 g/mol. The third-order valence-corrected chi connectivity index (χ3v) is 6.09. The average Bonchev–Trinajstić information content (AvgIpc) is 2.88. The van der Waals surface area contributed by atoms with Crippen LogP contribution in [0.2, 0.25) is 0 Å². The number of halogens is 1. The second kappa shape index (κ2) is 7.52. The summed E-state index contributed by atoms with van der Waals surface area (Å²) < 4.78 is 15.0. The van der Waals surface area contributed by atoms with Crippen LogP contribution in [0.25, 0.3) is 10.9 Å². The highest BCUT2D eigenvalue weighted by molar-refractivity contribution is 6.08. The standard InChI is InChI=1S/C24H22FN3O2/c25-16-10-8-15(9-11-16)24(30)28-21-7-2-1-6-18(21)19-12-13-26-14-20(22(19)28)23(29)27-17-4-3-5-17/h1-2,6-11,14,17,20H,3-5,12-13H2,(H,27,29). The minimum absolute atomic E-state index is 0.123. The van der Waals surface area contributed by atoms with Crippen LogP contribution in [0.15, 0.2) is 53.5 Å². The van der Waals surface area contributed by atoms with Gasteiger partial charge in [-0.05, 0) is 61.6 Å². The normalized spacial score (nSPS) is 18.5. The molecule has 6 heteroatoms. The van der Waals surface area contributed by atoms with Crippen molar-refractivity contribution in [2.45, 2.75) is 37.6 Å². The first-order valence-electron chi connectivity index (χ1n) is 10.4. The Morgan fingerprint density at radius 1 is 1.07 bits per heavy atom. The first-order chi connectivity index (χ1) is 14.6. The van der Waals surface area contributed by atoms with Crippen molar-refractivity contribution in [3.8, 4) is 0 Å². The number of hydrogen-bond acceptors (Lipinski definition) is 3. The summed E-state index contributed by atoms with van der Waals surface area (Å²) in [6, 6.07) is 13.4. The van der Waals surface area contributed by atoms with Gasteiger partial charge in [0.2, 0.25) is 5.91 Å². The molecule has 5 nitrogen and oxygen atoms in total. The molecule has 3 aromatic rings. The van der Waals surface area contributed by atoms with Gasteiger partial charge in [-0.25, -0.2) is 4.39 Å². The van der Waals surface area contributed by atoms with Crippen molar-refractivity contribution >= 4 is 28.9 Å². The number of rotatable bonds is 3. The number of benzene rings is 2. The molecule has 1 aliphatic heterocycles. The van der Waals surface area contributed by atoms with E-state index in [1.165, 1.54) is 24.3 Å². The molecule has 0 spiro atoms. The Kier molecular flexibility index (Phi) is 4.69. The molecule has 1 N–H and O–H groups in total. The number of amides is 1. The lowest BCUT2D eigenvalue weighted by atomic mass is 9.91. The van der Waals surface area contributed by atoms with Gasteiger partial charge in [0.15, 0.2) is 0 Å². The fourth-order valence-electron chi connectivity index (χ4n) is 4.32. The van der Waals surface area contributed by atoms with Gasteiger partial charge < -0.3 is 5.32 Å². The van der Waals surface area contributed by atoms with Gasteiger partial charge in [-0.15, -0.1) is 0 Å². The van der Waals surface area contributed by atoms with Crippen LogP contribution in [-0.4, -0.2) is 35.2 Å². The minimum Gasteiger partial charge on any atom is -0.352 e. The molecular formula is C24H22FN3O2. The number of nitrogens with one attached hydrogen (secondary N) is 1. The summed E-state index contributed by atoms with van der Waals surface area (Å²) in [6.07, 6.45) is 5.43. The van der Waals surface area contributed by atoms with E-state index in [1.807, 2.05) is 24.3 Å². The van der Waals surface area contributed by atoms with E-state index in [0.717, 1.165) is 35.7 Å². The van der Waals surface area contributed by atoms with Gasteiger partial charge >= 0.3 is 0 Å². The van der Waals surface area contributed by atoms with E-state index in [0.29, 0.717) is 24.2 Å². The van der Waals surface area contributed by atoms with Crippen molar-refractivity contribution in [2.24, 2.45) is 4.99 Å². The fraction of sp³-hybridized carbons (Fsp3) is 0.292. The van der Waals surface area contributed by atoms with E-state index in [-0.39, 0.29) is 17.9 Å². The van der Waals surface area contributed by atoms with Gasteiger partial charge in [0, 0.05) is 35.4 Å². The maximum atomic E-state index is 13.5. The summed E-state index contributed by atoms with van der Waals surface area (Å²) in [6.45, 7) is 0.568. The van der Waals surface area contributed by atoms with Crippen LogP contribution >= 0.6 is 0 Å². The van der Waals surface area contributed by atoms with Crippen LogP contribution < -0.4 is 5.32 Å². The molecule has 1 atom stereocenters. The van der Waals surface area contributed by atoms with Gasteiger partial charge in [-0.3, -0.25) is 19.1 Å². The fourth-order valence-corrected chi connectivity index (χ4v) is 4.32. The van der Waals surface area contributed by atoms with Crippen LogP contribution in [0.5, 0.6) is 0 Å². The van der Waals surface area contributed by atoms with Gasteiger partial charge in [0.1, 0.15) is 11.7 Å². The summed E-state index contributed by atoms with van der Waals surface area (Å²) >= 11 is 0. The molecule has 0 saturated heterocycles. The molecule has 152 valence electrons. The number of carbonyl (C=O) groups is 2. The number of aromatic nitrogens is 1. The Morgan fingerprint density at radius 3 is 2.57 bits per heavy atom. The van der Waals surface area contributed by atoms with Crippen molar-refractivity contribution in [1.82, 2.24) is 9.88 Å². The third kappa shape index (κ3) is 3.12. The Morgan fingerprint density at radius 2 is 1.83 bits per heavy atom. The molecule has 2 aromatic carbocycles. The number of carbonyl (C=O) groups excluding carboxylic acids is 2. The Bertz CT molecular complexity index is 1160. The molecule has 1 amide bonds. The number of hydrogen-bond donors (Lipinski definition) is 1. The van der Waals surface area contributed by atoms with Crippen LogP contribution in [0.3, 0.4) is 0 Å². The van der Waals surface area contributed by atoms with Crippen LogP contribution in [0.1, 0.15) is 46.8 Å². The summed E-state index contributed by atoms with van der Waals surface area (Å²) in [5.41, 5.74) is 2.78. The van der Waals surface area contributed by atoms with E-state index in [1.54, 1.807) is 10.8 Å². The molecule has 0 bridgehead atoms. The SMILES string of the molecule is O=C(NC1CCC1)C1C=NCCc2c1n(C(=O)c1ccc(F)cc1)c1ccccc21. The Balaban J connectivity index is 1.68. The van der Waals surface area contributed by atoms with Crippen molar-refractivity contribution in [2.75, 3.05) is 6.54 Å². The first-order valence-corrected chi connectivity index (χ1v) is 10.4. The molecule has 1 saturated carbocycles. The van der Waals surface area contributed by atoms with Crippen LogP contribution in [-0.2, 0) is 11.2 Å². The maximum absolute atomic E-state index is 13.5. The predicted octanol–water partition coefficient (Wildman–Crippen LogP) is 3.85. The second-order valence-corrected chi connectivity index (χ2v) is 7.95. The molecule has 2 aliphatic rings. The van der Waals surface area contributed by atoms with Gasteiger partial charge in [-0.1, -0.05) is 18.2 Å². The van der Waals surface area contributed by atoms with Gasteiger partial charge in [0.05, 0.1) is 5.52 Å². The lowest BCUT2D eigenvalue weighted by molar-refractivity contribution is -0.122. The van der Waals surface area contributed by atoms with Crippen molar-refractivity contribution in [3.05, 3.63) is 71.2 Å². The van der Waals surface area contributed by atoms with E-state index in [4.69, 9.17) is 0 Å². The Hall–Kier alpha value is -3.28. The molecule has 5 rings (SSSR count). The molecule has 1 fully saturated rings. The predicted molar refractivity (Wildman–Crippen MR) is 114 cm³/mol. The number of nitrogens with zero attached hydrogens (tertiary/aromatic N) is 2. The zero-order valence-electron chi connectivity index (χ0n) is 16.5. The summed E-state index contributed by atoms with van der Waals surface area (Å²) in [5, 5.41) is 4.06. The summed E-state index contributed by atoms with van der Waals surface area (Å²) in [4.78, 5) is 31.2. The van der Waals surface area contributed by atoms with E-state index in [2.05, 4.69) is 10.3 Å². The summed E-state index contributed by atoms with van der Waals surface area (Å²) in [5.74, 6) is -1.43. The van der Waals surface area contributed by atoms with Crippen molar-refractivity contribution in [1.29, 1.82) is 0 Å². The maximum Gasteiger partial charge on any atom is 0.262 e. The van der Waals surface area contributed by atoms with Gasteiger partial charge in [0.25, 0.3) is 5.91 Å². The highest BCUT2D eigenvalue weighted by Gasteiger charge is 2.33. The summed E-state index contributed by atoms with van der Waals surface area (Å²) in [7, 11) is 0. The highest BCUT2D eigenvalue weighted by atomic mass is 19.1. The molecule has 1 aromatic heterocycles. The van der Waals surface area contributed by atoms with E-state index < -0.39 is 11.7 Å². The third-order valence-electron chi connectivity index (χ3n) is 6.09. The van der Waals surface area contributed by atoms with E-state index in [9.17, 15) is 14.0 Å². The number of fused-ring (bicyclic) bond motifs is 3. The molecule has 1 unspecified atom stereocenters. The first kappa shape index (κ1) is 18.7. The number of para-hydroxylation sites is 1. The van der Waals surface area contributed by atoms with E-state index >= 15 is 0 Å². The van der Waals surface area contributed by atoms with Crippen LogP contribution in [0, 0.1) is 5.82 Å². The zero-order chi connectivity index (χ0) is 20.7. The lowest BCUT2D eigenvalue weighted by Gasteiger charge is -2.28.